The lowest BCUT2D eigenvalue weighted by Gasteiger charge is -2.48. The first-order chi connectivity index (χ1) is 28.6. The van der Waals surface area contributed by atoms with Crippen LogP contribution in [0.3, 0.4) is 0 Å². The molecule has 0 aliphatic carbocycles. The van der Waals surface area contributed by atoms with Gasteiger partial charge in [0.15, 0.2) is 17.7 Å². The van der Waals surface area contributed by atoms with E-state index in [4.69, 9.17) is 34.2 Å². The second kappa shape index (κ2) is 19.1. The fourth-order valence-corrected chi connectivity index (χ4v) is 9.88. The molecular weight excluding hydrogens is 790 g/mol. The Balaban J connectivity index is 1.50. The molecule has 61 heavy (non-hydrogen) atoms. The van der Waals surface area contributed by atoms with Crippen LogP contribution in [0.2, 0.25) is 0 Å². The number of aromatic nitrogens is 1. The van der Waals surface area contributed by atoms with Gasteiger partial charge in [0, 0.05) is 55.9 Å². The molecule has 3 N–H and O–H groups in total. The van der Waals surface area contributed by atoms with Crippen molar-refractivity contribution in [2.45, 2.75) is 154 Å². The zero-order valence-corrected chi connectivity index (χ0v) is 38.3. The van der Waals surface area contributed by atoms with Gasteiger partial charge in [-0.1, -0.05) is 27.7 Å². The van der Waals surface area contributed by atoms with Gasteiger partial charge in [-0.3, -0.25) is 9.78 Å². The van der Waals surface area contributed by atoms with E-state index in [2.05, 4.69) is 4.98 Å². The summed E-state index contributed by atoms with van der Waals surface area (Å²) in [5.41, 5.74) is 3.15. The van der Waals surface area contributed by atoms with Gasteiger partial charge in [0.05, 0.1) is 36.5 Å². The maximum Gasteiger partial charge on any atom is 0.425 e. The number of ketones is 1. The first-order valence-corrected chi connectivity index (χ1v) is 21.6. The third-order valence-corrected chi connectivity index (χ3v) is 13.8. The van der Waals surface area contributed by atoms with Crippen molar-refractivity contribution in [2.24, 2.45) is 23.5 Å². The van der Waals surface area contributed by atoms with Crippen LogP contribution in [0.15, 0.2) is 30.5 Å². The van der Waals surface area contributed by atoms with Crippen LogP contribution in [0.4, 0.5) is 9.18 Å². The lowest BCUT2D eigenvalue weighted by atomic mass is 9.72. The van der Waals surface area contributed by atoms with Crippen molar-refractivity contribution >= 4 is 28.7 Å². The number of benzene rings is 1. The number of alkyl halides is 1. The van der Waals surface area contributed by atoms with Gasteiger partial charge in [0.1, 0.15) is 18.0 Å². The summed E-state index contributed by atoms with van der Waals surface area (Å²) in [7, 11) is 6.78. The molecule has 1 amide bonds. The third kappa shape index (κ3) is 9.56. The summed E-state index contributed by atoms with van der Waals surface area (Å²) >= 11 is 0. The standard InChI is InChI=1S/C45H70FN5O10/c1-14-50(21-15-16-30-19-20-48-33-23-31(56-12)17-18-32(30)33)51-37-27(4)35(47)25(2)24-43(7,57-13)39(60-40-36(52)34(49(10)11)22-26(3)58-40)28(5)38(53)44(8,46)41(54)59-29(6)45(37,9)61-42(51)55/h17-20,23,25-29,34-37,39-40,52H,14-16,21-22,24,47H2,1-13H3/t25-,26-,27-,28+,29+,34+,35?,36-,37-,39-,40+,43+,44?,45-/m1/s1. The highest BCUT2D eigenvalue weighted by Gasteiger charge is 2.62. The second-order valence-electron chi connectivity index (χ2n) is 18.3. The summed E-state index contributed by atoms with van der Waals surface area (Å²) in [6.07, 6.45) is -1.88. The lowest BCUT2D eigenvalue weighted by Crippen LogP contribution is -2.64. The Morgan fingerprint density at radius 3 is 2.38 bits per heavy atom. The van der Waals surface area contributed by atoms with Crippen molar-refractivity contribution in [3.63, 3.8) is 0 Å². The van der Waals surface area contributed by atoms with Gasteiger partial charge < -0.3 is 44.2 Å². The molecule has 3 saturated heterocycles. The molecule has 4 heterocycles. The Morgan fingerprint density at radius 1 is 1.07 bits per heavy atom. The first-order valence-electron chi connectivity index (χ1n) is 21.6. The molecule has 0 spiro atoms. The zero-order valence-electron chi connectivity index (χ0n) is 38.3. The van der Waals surface area contributed by atoms with Crippen molar-refractivity contribution in [1.29, 1.82) is 0 Å². The number of nitrogens with zero attached hydrogens (tertiary/aromatic N) is 4. The Kier molecular flexibility index (Phi) is 15.2. The summed E-state index contributed by atoms with van der Waals surface area (Å²) in [5, 5.41) is 16.0. The molecule has 2 aromatic rings. The third-order valence-electron chi connectivity index (χ3n) is 13.8. The number of hydrazine groups is 1. The number of amides is 1. The van der Waals surface area contributed by atoms with Crippen LogP contribution in [0, 0.1) is 17.8 Å². The maximum absolute atomic E-state index is 16.9. The average molecular weight is 860 g/mol. The predicted molar refractivity (Wildman–Crippen MR) is 227 cm³/mol. The smallest absolute Gasteiger partial charge is 0.425 e. The summed E-state index contributed by atoms with van der Waals surface area (Å²) in [6.45, 7) is 15.9. The Labute approximate surface area is 360 Å². The fourth-order valence-electron chi connectivity index (χ4n) is 9.88. The van der Waals surface area contributed by atoms with E-state index >= 15 is 4.39 Å². The number of pyridine rings is 1. The Hall–Kier alpha value is -3.51. The number of rotatable bonds is 11. The molecule has 15 nitrogen and oxygen atoms in total. The summed E-state index contributed by atoms with van der Waals surface area (Å²) < 4.78 is 53.3. The van der Waals surface area contributed by atoms with Crippen LogP contribution >= 0.6 is 0 Å². The number of aryl methyl sites for hydroxylation is 1. The number of fused-ring (bicyclic) bond motifs is 2. The summed E-state index contributed by atoms with van der Waals surface area (Å²) in [4.78, 5) is 48.8. The molecule has 342 valence electrons. The molecule has 2 unspecified atom stereocenters. The number of aliphatic hydroxyl groups excluding tert-OH is 1. The molecule has 3 fully saturated rings. The average Bonchev–Trinajstić information content (AvgIpc) is 3.50. The van der Waals surface area contributed by atoms with E-state index in [-0.39, 0.29) is 24.5 Å². The van der Waals surface area contributed by atoms with E-state index in [1.165, 1.54) is 21.0 Å². The fraction of sp³-hybridized carbons (Fsp3) is 0.733. The number of carbonyl (C=O) groups excluding carboxylic acids is 3. The first kappa shape index (κ1) is 48.5. The molecule has 3 aliphatic rings. The largest absolute Gasteiger partial charge is 0.497 e. The van der Waals surface area contributed by atoms with E-state index in [1.54, 1.807) is 32.2 Å². The van der Waals surface area contributed by atoms with Gasteiger partial charge in [-0.05, 0) is 110 Å². The molecular formula is C45H70FN5O10. The molecule has 0 radical (unpaired) electrons. The minimum atomic E-state index is -3.15. The van der Waals surface area contributed by atoms with E-state index in [9.17, 15) is 19.5 Å². The number of methoxy groups -OCH3 is 2. The van der Waals surface area contributed by atoms with Crippen molar-refractivity contribution in [1.82, 2.24) is 19.9 Å². The number of likely N-dealkylation sites (N-methyl/N-ethyl adjacent to an activating group) is 1. The number of carbonyl (C=O) groups is 3. The molecule has 16 heteroatoms. The molecule has 1 aromatic heterocycles. The van der Waals surface area contributed by atoms with Crippen molar-refractivity contribution in [2.75, 3.05) is 41.4 Å². The Bertz CT molecular complexity index is 1870. The van der Waals surface area contributed by atoms with E-state index < -0.39 is 83.2 Å². The molecule has 14 atom stereocenters. The van der Waals surface area contributed by atoms with Crippen LogP contribution in [0.25, 0.3) is 10.9 Å². The zero-order chi connectivity index (χ0) is 45.4. The topological polar surface area (TPSA) is 175 Å². The van der Waals surface area contributed by atoms with Crippen LogP contribution < -0.4 is 10.5 Å². The van der Waals surface area contributed by atoms with Crippen LogP contribution in [-0.2, 0) is 39.7 Å². The highest BCUT2D eigenvalue weighted by molar-refractivity contribution is 6.07. The number of hydrogen-bond acceptors (Lipinski definition) is 14. The van der Waals surface area contributed by atoms with Gasteiger partial charge in [-0.15, -0.1) is 0 Å². The van der Waals surface area contributed by atoms with Crippen LogP contribution in [0.1, 0.15) is 87.1 Å². The van der Waals surface area contributed by atoms with Gasteiger partial charge >= 0.3 is 12.1 Å². The molecule has 3 aliphatic heterocycles. The number of Topliss-reactive ketones (excluding diaryl/α,β-unsaturated/α-hetero) is 1. The lowest BCUT2D eigenvalue weighted by molar-refractivity contribution is -0.296. The number of aliphatic hydroxyl groups is 1. The SMILES string of the molecule is CCN(CCCc1ccnc2cc(OC)ccc12)N1C(=O)O[C@]2(C)[C@H](C)OC(=O)C(C)(F)C(=O)[C@H](C)[C@@H](O[C@@H]3O[C@H](C)C[C@H](N(C)C)[C@H]3O)[C@@](C)(OC)C[C@@H](C)C(N)[C@@H](C)[C@@H]12. The number of esters is 1. The van der Waals surface area contributed by atoms with Gasteiger partial charge in [-0.2, -0.15) is 0 Å². The molecule has 5 rings (SSSR count). The summed E-state index contributed by atoms with van der Waals surface area (Å²) in [5.74, 6) is -3.97. The number of cyclic esters (lactones) is 1. The van der Waals surface area contributed by atoms with Crippen LogP contribution in [-0.4, -0.2) is 150 Å². The van der Waals surface area contributed by atoms with Gasteiger partial charge in [-0.25, -0.2) is 24.0 Å². The van der Waals surface area contributed by atoms with E-state index in [1.807, 2.05) is 76.0 Å². The second-order valence-corrected chi connectivity index (χ2v) is 18.3. The number of nitrogens with two attached hydrogens (primary N) is 1. The maximum atomic E-state index is 16.9. The minimum absolute atomic E-state index is 0.206. The molecule has 0 bridgehead atoms. The van der Waals surface area contributed by atoms with Crippen molar-refractivity contribution in [3.8, 4) is 5.75 Å². The van der Waals surface area contributed by atoms with E-state index in [0.717, 1.165) is 23.4 Å². The molecule has 1 aromatic carbocycles. The minimum Gasteiger partial charge on any atom is -0.497 e. The van der Waals surface area contributed by atoms with Crippen molar-refractivity contribution < 1.29 is 52.3 Å². The number of hydrogen-bond donors (Lipinski definition) is 2. The van der Waals surface area contributed by atoms with Crippen molar-refractivity contribution in [3.05, 3.63) is 36.0 Å². The highest BCUT2D eigenvalue weighted by atomic mass is 19.1. The molecule has 0 saturated carbocycles. The highest BCUT2D eigenvalue weighted by Crippen LogP contribution is 2.44. The quantitative estimate of drug-likeness (QED) is 0.226. The number of ether oxygens (including phenoxy) is 6. The van der Waals surface area contributed by atoms with Crippen LogP contribution in [0.5, 0.6) is 5.75 Å². The summed E-state index contributed by atoms with van der Waals surface area (Å²) in [6, 6.07) is 6.03. The number of halogens is 1. The normalized spacial score (nSPS) is 38.0. The van der Waals surface area contributed by atoms with Gasteiger partial charge in [0.25, 0.3) is 5.67 Å². The van der Waals surface area contributed by atoms with Gasteiger partial charge in [0.2, 0.25) is 0 Å². The predicted octanol–water partition coefficient (Wildman–Crippen LogP) is 5.08. The van der Waals surface area contributed by atoms with E-state index in [0.29, 0.717) is 38.1 Å². The monoisotopic (exact) mass is 860 g/mol. The Morgan fingerprint density at radius 2 is 1.75 bits per heavy atom.